The van der Waals surface area contributed by atoms with E-state index in [0.717, 1.165) is 31.6 Å². The number of anilines is 1. The van der Waals surface area contributed by atoms with Gasteiger partial charge in [0.1, 0.15) is 6.10 Å². The number of nitrogens with zero attached hydrogens (tertiary/aromatic N) is 1. The number of carbonyl (C=O) groups is 1. The smallest absolute Gasteiger partial charge is 0.307 e. The van der Waals surface area contributed by atoms with Crippen LogP contribution in [0, 0.1) is 0 Å². The van der Waals surface area contributed by atoms with Crippen LogP contribution in [0.4, 0.5) is 5.69 Å². The Hall–Kier alpha value is -1.55. The zero-order valence-corrected chi connectivity index (χ0v) is 11.5. The summed E-state index contributed by atoms with van der Waals surface area (Å²) in [5, 5.41) is 3.21. The third-order valence-electron chi connectivity index (χ3n) is 3.40. The molecule has 1 heterocycles. The van der Waals surface area contributed by atoms with Gasteiger partial charge >= 0.3 is 5.97 Å². The fourth-order valence-corrected chi connectivity index (χ4v) is 2.21. The van der Waals surface area contributed by atoms with Gasteiger partial charge in [-0.3, -0.25) is 4.79 Å². The van der Waals surface area contributed by atoms with Gasteiger partial charge in [-0.05, 0) is 32.0 Å². The Morgan fingerprint density at radius 1 is 1.32 bits per heavy atom. The molecule has 19 heavy (non-hydrogen) atoms. The molecule has 1 aromatic rings. The molecule has 0 spiro atoms. The summed E-state index contributed by atoms with van der Waals surface area (Å²) in [6, 6.07) is 9.89. The van der Waals surface area contributed by atoms with E-state index in [2.05, 4.69) is 17.3 Å². The van der Waals surface area contributed by atoms with Crippen molar-refractivity contribution in [3.05, 3.63) is 30.3 Å². The number of esters is 1. The highest BCUT2D eigenvalue weighted by molar-refractivity contribution is 5.70. The maximum Gasteiger partial charge on any atom is 0.307 e. The number of para-hydroxylation sites is 1. The van der Waals surface area contributed by atoms with Crippen LogP contribution in [-0.2, 0) is 9.53 Å². The van der Waals surface area contributed by atoms with Gasteiger partial charge in [-0.25, -0.2) is 0 Å². The third kappa shape index (κ3) is 4.91. The number of rotatable bonds is 5. The van der Waals surface area contributed by atoms with Crippen LogP contribution < -0.4 is 5.32 Å². The molecule has 4 nitrogen and oxygen atoms in total. The molecule has 0 amide bonds. The van der Waals surface area contributed by atoms with E-state index in [0.29, 0.717) is 13.0 Å². The van der Waals surface area contributed by atoms with Crippen molar-refractivity contribution in [2.75, 3.05) is 32.0 Å². The summed E-state index contributed by atoms with van der Waals surface area (Å²) < 4.78 is 5.47. The number of likely N-dealkylation sites (tertiary alicyclic amines) is 1. The van der Waals surface area contributed by atoms with Crippen molar-refractivity contribution < 1.29 is 9.53 Å². The van der Waals surface area contributed by atoms with Crippen molar-refractivity contribution in [2.45, 2.75) is 25.4 Å². The lowest BCUT2D eigenvalue weighted by molar-refractivity contribution is -0.150. The maximum atomic E-state index is 11.7. The van der Waals surface area contributed by atoms with Crippen molar-refractivity contribution in [3.63, 3.8) is 0 Å². The average Bonchev–Trinajstić information content (AvgIpc) is 2.43. The molecule has 4 heteroatoms. The molecule has 1 saturated heterocycles. The van der Waals surface area contributed by atoms with Crippen LogP contribution in [-0.4, -0.2) is 43.7 Å². The van der Waals surface area contributed by atoms with Crippen molar-refractivity contribution in [1.82, 2.24) is 4.90 Å². The van der Waals surface area contributed by atoms with E-state index in [4.69, 9.17) is 4.74 Å². The molecule has 1 aliphatic rings. The predicted molar refractivity (Wildman–Crippen MR) is 76.2 cm³/mol. The first-order valence-electron chi connectivity index (χ1n) is 6.91. The van der Waals surface area contributed by atoms with E-state index < -0.39 is 0 Å². The minimum Gasteiger partial charge on any atom is -0.462 e. The van der Waals surface area contributed by atoms with E-state index in [1.54, 1.807) is 0 Å². The van der Waals surface area contributed by atoms with E-state index in [9.17, 15) is 4.79 Å². The molecule has 1 fully saturated rings. The molecule has 0 saturated carbocycles. The molecule has 0 unspecified atom stereocenters. The number of hydrogen-bond donors (Lipinski definition) is 1. The van der Waals surface area contributed by atoms with Crippen LogP contribution in [0.5, 0.6) is 0 Å². The Morgan fingerprint density at radius 2 is 2.00 bits per heavy atom. The summed E-state index contributed by atoms with van der Waals surface area (Å²) in [6.45, 7) is 2.65. The van der Waals surface area contributed by atoms with Gasteiger partial charge in [0.2, 0.25) is 0 Å². The molecule has 0 bridgehead atoms. The van der Waals surface area contributed by atoms with Gasteiger partial charge in [-0.15, -0.1) is 0 Å². The average molecular weight is 262 g/mol. The lowest BCUT2D eigenvalue weighted by Crippen LogP contribution is -2.35. The number of ether oxygens (including phenoxy) is 1. The van der Waals surface area contributed by atoms with Crippen molar-refractivity contribution in [2.24, 2.45) is 0 Å². The van der Waals surface area contributed by atoms with Gasteiger partial charge in [0.05, 0.1) is 6.42 Å². The molecule has 1 aliphatic heterocycles. The Bertz CT molecular complexity index is 386. The Balaban J connectivity index is 1.62. The highest BCUT2D eigenvalue weighted by Crippen LogP contribution is 2.13. The second-order valence-corrected chi connectivity index (χ2v) is 5.04. The molecule has 1 aromatic carbocycles. The van der Waals surface area contributed by atoms with Crippen LogP contribution in [0.3, 0.4) is 0 Å². The van der Waals surface area contributed by atoms with E-state index in [1.165, 1.54) is 0 Å². The summed E-state index contributed by atoms with van der Waals surface area (Å²) in [4.78, 5) is 14.0. The predicted octanol–water partition coefficient (Wildman–Crippen LogP) is 2.13. The normalized spacial score (nSPS) is 17.1. The first-order chi connectivity index (χ1) is 9.24. The quantitative estimate of drug-likeness (QED) is 0.825. The van der Waals surface area contributed by atoms with Crippen LogP contribution in [0.1, 0.15) is 19.3 Å². The molecule has 2 rings (SSSR count). The fraction of sp³-hybridized carbons (Fsp3) is 0.533. The second kappa shape index (κ2) is 7.14. The topological polar surface area (TPSA) is 41.6 Å². The fourth-order valence-electron chi connectivity index (χ4n) is 2.21. The zero-order chi connectivity index (χ0) is 13.5. The summed E-state index contributed by atoms with van der Waals surface area (Å²) in [5.74, 6) is -0.0991. The van der Waals surface area contributed by atoms with Crippen LogP contribution >= 0.6 is 0 Å². The number of carbonyl (C=O) groups excluding carboxylic acids is 1. The summed E-state index contributed by atoms with van der Waals surface area (Å²) >= 11 is 0. The van der Waals surface area contributed by atoms with Crippen molar-refractivity contribution in [3.8, 4) is 0 Å². The first-order valence-corrected chi connectivity index (χ1v) is 6.91. The molecule has 1 N–H and O–H groups in total. The van der Waals surface area contributed by atoms with Crippen molar-refractivity contribution >= 4 is 11.7 Å². The van der Waals surface area contributed by atoms with E-state index in [-0.39, 0.29) is 12.1 Å². The summed E-state index contributed by atoms with van der Waals surface area (Å²) in [5.41, 5.74) is 1.04. The summed E-state index contributed by atoms with van der Waals surface area (Å²) in [6.07, 6.45) is 2.43. The SMILES string of the molecule is CN1CCC(OC(=O)CCNc2ccccc2)CC1. The van der Waals surface area contributed by atoms with Gasteiger partial charge in [0.15, 0.2) is 0 Å². The Labute approximate surface area is 114 Å². The zero-order valence-electron chi connectivity index (χ0n) is 11.5. The van der Waals surface area contributed by atoms with Gasteiger partial charge < -0.3 is 15.0 Å². The Morgan fingerprint density at radius 3 is 2.68 bits per heavy atom. The number of benzene rings is 1. The van der Waals surface area contributed by atoms with Crippen LogP contribution in [0.2, 0.25) is 0 Å². The molecule has 0 aromatic heterocycles. The van der Waals surface area contributed by atoms with Crippen LogP contribution in [0.25, 0.3) is 0 Å². The highest BCUT2D eigenvalue weighted by Gasteiger charge is 2.19. The minimum absolute atomic E-state index is 0.0991. The lowest BCUT2D eigenvalue weighted by atomic mass is 10.1. The van der Waals surface area contributed by atoms with Gasteiger partial charge in [-0.1, -0.05) is 18.2 Å². The monoisotopic (exact) mass is 262 g/mol. The molecule has 0 radical (unpaired) electrons. The molecule has 0 atom stereocenters. The first kappa shape index (κ1) is 13.9. The highest BCUT2D eigenvalue weighted by atomic mass is 16.5. The third-order valence-corrected chi connectivity index (χ3v) is 3.40. The Kier molecular flexibility index (Phi) is 5.21. The van der Waals surface area contributed by atoms with Gasteiger partial charge in [0.25, 0.3) is 0 Å². The minimum atomic E-state index is -0.0991. The van der Waals surface area contributed by atoms with E-state index >= 15 is 0 Å². The molecular formula is C15H22N2O2. The standard InChI is InChI=1S/C15H22N2O2/c1-17-11-8-14(9-12-17)19-15(18)7-10-16-13-5-3-2-4-6-13/h2-6,14,16H,7-12H2,1H3. The molecule has 104 valence electrons. The lowest BCUT2D eigenvalue weighted by Gasteiger charge is -2.28. The number of piperidine rings is 1. The molecule has 0 aliphatic carbocycles. The van der Waals surface area contributed by atoms with E-state index in [1.807, 2.05) is 30.3 Å². The molecular weight excluding hydrogens is 240 g/mol. The number of nitrogens with one attached hydrogen (secondary N) is 1. The second-order valence-electron chi connectivity index (χ2n) is 5.04. The summed E-state index contributed by atoms with van der Waals surface area (Å²) in [7, 11) is 2.10. The van der Waals surface area contributed by atoms with Gasteiger partial charge in [0, 0.05) is 25.3 Å². The van der Waals surface area contributed by atoms with Gasteiger partial charge in [-0.2, -0.15) is 0 Å². The van der Waals surface area contributed by atoms with Crippen molar-refractivity contribution in [1.29, 1.82) is 0 Å². The van der Waals surface area contributed by atoms with Crippen LogP contribution in [0.15, 0.2) is 30.3 Å². The maximum absolute atomic E-state index is 11.7. The largest absolute Gasteiger partial charge is 0.462 e. The number of hydrogen-bond acceptors (Lipinski definition) is 4.